The van der Waals surface area contributed by atoms with E-state index in [0.29, 0.717) is 26.0 Å². The number of hydrogen-bond donors (Lipinski definition) is 2. The van der Waals surface area contributed by atoms with Crippen molar-refractivity contribution in [2.24, 2.45) is 11.8 Å². The lowest BCUT2D eigenvalue weighted by atomic mass is 10.1. The van der Waals surface area contributed by atoms with E-state index >= 15 is 0 Å². The van der Waals surface area contributed by atoms with Crippen molar-refractivity contribution in [1.82, 2.24) is 5.32 Å². The van der Waals surface area contributed by atoms with Gasteiger partial charge in [-0.1, -0.05) is 30.3 Å². The van der Waals surface area contributed by atoms with Crippen LogP contribution in [-0.4, -0.2) is 30.1 Å². The number of carbonyl (C=O) groups is 2. The Kier molecular flexibility index (Phi) is 5.33. The summed E-state index contributed by atoms with van der Waals surface area (Å²) in [6.07, 6.45) is 1.21. The summed E-state index contributed by atoms with van der Waals surface area (Å²) in [5.41, 5.74) is 1.13. The van der Waals surface area contributed by atoms with Crippen LogP contribution in [-0.2, 0) is 14.3 Å². The minimum absolute atomic E-state index is 0.0294. The van der Waals surface area contributed by atoms with Gasteiger partial charge >= 0.3 is 5.97 Å². The van der Waals surface area contributed by atoms with Gasteiger partial charge in [0.1, 0.15) is 0 Å². The third-order valence-electron chi connectivity index (χ3n) is 3.70. The van der Waals surface area contributed by atoms with Crippen LogP contribution in [0, 0.1) is 11.8 Å². The quantitative estimate of drug-likeness (QED) is 0.718. The van der Waals surface area contributed by atoms with Gasteiger partial charge in [-0.3, -0.25) is 9.59 Å². The van der Waals surface area contributed by atoms with Crippen LogP contribution in [0.4, 0.5) is 0 Å². The number of aliphatic carboxylic acids is 1. The first-order chi connectivity index (χ1) is 10.1. The van der Waals surface area contributed by atoms with Crippen molar-refractivity contribution in [2.75, 3.05) is 13.2 Å². The van der Waals surface area contributed by atoms with Crippen molar-refractivity contribution in [3.63, 3.8) is 0 Å². The van der Waals surface area contributed by atoms with E-state index in [2.05, 4.69) is 5.32 Å². The summed E-state index contributed by atoms with van der Waals surface area (Å²) in [4.78, 5) is 22.3. The van der Waals surface area contributed by atoms with Crippen LogP contribution in [0.5, 0.6) is 0 Å². The van der Waals surface area contributed by atoms with E-state index in [9.17, 15) is 9.59 Å². The molecule has 114 valence electrons. The number of carboxylic acid groups (broad SMARTS) is 1. The number of ether oxygens (including phenoxy) is 1. The molecule has 0 bridgehead atoms. The lowest BCUT2D eigenvalue weighted by molar-refractivity contribution is -0.140. The fraction of sp³-hybridized carbons (Fsp3) is 0.500. The lowest BCUT2D eigenvalue weighted by Crippen LogP contribution is -2.28. The Morgan fingerprint density at radius 1 is 1.33 bits per heavy atom. The topological polar surface area (TPSA) is 75.6 Å². The van der Waals surface area contributed by atoms with Gasteiger partial charge in [0.05, 0.1) is 17.9 Å². The second-order valence-electron chi connectivity index (χ2n) is 5.36. The molecule has 3 atom stereocenters. The highest BCUT2D eigenvalue weighted by Crippen LogP contribution is 2.38. The molecule has 1 aromatic carbocycles. The Hall–Kier alpha value is -1.88. The molecule has 5 nitrogen and oxygen atoms in total. The first-order valence-electron chi connectivity index (χ1n) is 7.26. The summed E-state index contributed by atoms with van der Waals surface area (Å²) in [7, 11) is 0. The van der Waals surface area contributed by atoms with E-state index in [-0.39, 0.29) is 17.9 Å². The van der Waals surface area contributed by atoms with Crippen molar-refractivity contribution in [3.8, 4) is 0 Å². The lowest BCUT2D eigenvalue weighted by Gasteiger charge is -2.13. The summed E-state index contributed by atoms with van der Waals surface area (Å²) in [5, 5.41) is 11.5. The maximum absolute atomic E-state index is 11.6. The third-order valence-corrected chi connectivity index (χ3v) is 3.70. The Balaban J connectivity index is 1.56. The van der Waals surface area contributed by atoms with Crippen molar-refractivity contribution < 1.29 is 19.4 Å². The largest absolute Gasteiger partial charge is 0.481 e. The van der Waals surface area contributed by atoms with E-state index in [4.69, 9.17) is 9.84 Å². The van der Waals surface area contributed by atoms with Gasteiger partial charge in [-0.25, -0.2) is 0 Å². The minimum Gasteiger partial charge on any atom is -0.481 e. The number of benzene rings is 1. The van der Waals surface area contributed by atoms with Gasteiger partial charge in [0.2, 0.25) is 5.91 Å². The maximum Gasteiger partial charge on any atom is 0.307 e. The molecular weight excluding hydrogens is 270 g/mol. The number of nitrogens with one attached hydrogen (secondary N) is 1. The Bertz CT molecular complexity index is 488. The summed E-state index contributed by atoms with van der Waals surface area (Å²) in [5.74, 6) is -1.86. The molecule has 3 unspecified atom stereocenters. The number of carbonyl (C=O) groups excluding carboxylic acids is 1. The molecule has 21 heavy (non-hydrogen) atoms. The van der Waals surface area contributed by atoms with Gasteiger partial charge in [-0.15, -0.1) is 0 Å². The molecule has 2 N–H and O–H groups in total. The van der Waals surface area contributed by atoms with Gasteiger partial charge in [-0.2, -0.15) is 0 Å². The van der Waals surface area contributed by atoms with Gasteiger partial charge in [0, 0.05) is 13.2 Å². The molecule has 0 radical (unpaired) electrons. The summed E-state index contributed by atoms with van der Waals surface area (Å²) in [6.45, 7) is 3.07. The molecule has 1 amide bonds. The summed E-state index contributed by atoms with van der Waals surface area (Å²) in [6, 6.07) is 9.96. The molecule has 0 spiro atoms. The predicted molar refractivity (Wildman–Crippen MR) is 77.7 cm³/mol. The zero-order valence-electron chi connectivity index (χ0n) is 12.1. The standard InChI is InChI=1S/C16H21NO4/c1-11(12-6-3-2-4-7-12)21-9-5-8-17-15(18)13-10-14(13)16(19)20/h2-4,6-7,11,13-14H,5,8-10H2,1H3,(H,17,18)(H,19,20). The molecule has 2 rings (SSSR count). The molecule has 0 aliphatic heterocycles. The van der Waals surface area contributed by atoms with Crippen molar-refractivity contribution in [2.45, 2.75) is 25.9 Å². The maximum atomic E-state index is 11.6. The van der Waals surface area contributed by atoms with E-state index in [1.54, 1.807) is 0 Å². The van der Waals surface area contributed by atoms with E-state index in [1.807, 2.05) is 37.3 Å². The second kappa shape index (κ2) is 7.22. The van der Waals surface area contributed by atoms with Crippen LogP contribution in [0.25, 0.3) is 0 Å². The van der Waals surface area contributed by atoms with E-state index in [0.717, 1.165) is 5.56 Å². The highest BCUT2D eigenvalue weighted by Gasteiger charge is 2.48. The van der Waals surface area contributed by atoms with Crippen LogP contribution >= 0.6 is 0 Å². The molecular formula is C16H21NO4. The van der Waals surface area contributed by atoms with Crippen molar-refractivity contribution in [3.05, 3.63) is 35.9 Å². The van der Waals surface area contributed by atoms with Gasteiger partial charge in [0.25, 0.3) is 0 Å². The van der Waals surface area contributed by atoms with Gasteiger partial charge in [0.15, 0.2) is 0 Å². The first-order valence-corrected chi connectivity index (χ1v) is 7.26. The number of amides is 1. The highest BCUT2D eigenvalue weighted by molar-refractivity contribution is 5.89. The molecule has 0 saturated heterocycles. The monoisotopic (exact) mass is 291 g/mol. The van der Waals surface area contributed by atoms with E-state index < -0.39 is 11.9 Å². The Morgan fingerprint density at radius 3 is 2.67 bits per heavy atom. The molecule has 0 heterocycles. The SMILES string of the molecule is CC(OCCCNC(=O)C1CC1C(=O)O)c1ccccc1. The molecule has 0 aromatic heterocycles. The second-order valence-corrected chi connectivity index (χ2v) is 5.36. The summed E-state index contributed by atoms with van der Waals surface area (Å²) < 4.78 is 5.70. The van der Waals surface area contributed by atoms with Crippen molar-refractivity contribution in [1.29, 1.82) is 0 Å². The zero-order chi connectivity index (χ0) is 15.2. The van der Waals surface area contributed by atoms with Crippen LogP contribution in [0.3, 0.4) is 0 Å². The highest BCUT2D eigenvalue weighted by atomic mass is 16.5. The summed E-state index contributed by atoms with van der Waals surface area (Å²) >= 11 is 0. The Labute approximate surface area is 124 Å². The van der Waals surface area contributed by atoms with Crippen LogP contribution in [0.2, 0.25) is 0 Å². The smallest absolute Gasteiger partial charge is 0.307 e. The molecule has 1 aliphatic carbocycles. The average molecular weight is 291 g/mol. The molecule has 1 saturated carbocycles. The molecule has 1 aliphatic rings. The zero-order valence-corrected chi connectivity index (χ0v) is 12.1. The fourth-order valence-electron chi connectivity index (χ4n) is 2.25. The van der Waals surface area contributed by atoms with Crippen LogP contribution in [0.15, 0.2) is 30.3 Å². The number of carboxylic acids is 1. The molecule has 5 heteroatoms. The van der Waals surface area contributed by atoms with Crippen LogP contribution in [0.1, 0.15) is 31.4 Å². The third kappa shape index (κ3) is 4.56. The molecule has 1 aromatic rings. The fourth-order valence-corrected chi connectivity index (χ4v) is 2.25. The minimum atomic E-state index is -0.879. The number of rotatable bonds is 8. The van der Waals surface area contributed by atoms with Crippen molar-refractivity contribution >= 4 is 11.9 Å². The normalized spacial score (nSPS) is 21.6. The number of hydrogen-bond acceptors (Lipinski definition) is 3. The van der Waals surface area contributed by atoms with E-state index in [1.165, 1.54) is 0 Å². The average Bonchev–Trinajstić information content (AvgIpc) is 3.28. The van der Waals surface area contributed by atoms with Crippen LogP contribution < -0.4 is 5.32 Å². The first kappa shape index (κ1) is 15.5. The van der Waals surface area contributed by atoms with Gasteiger partial charge < -0.3 is 15.2 Å². The predicted octanol–water partition coefficient (Wildman–Crippen LogP) is 1.99. The molecule has 1 fully saturated rings. The van der Waals surface area contributed by atoms with Gasteiger partial charge in [-0.05, 0) is 25.3 Å². The Morgan fingerprint density at radius 2 is 2.05 bits per heavy atom.